The number of fused-ring (bicyclic) bond motifs is 1. The van der Waals surface area contributed by atoms with Gasteiger partial charge in [0, 0.05) is 19.6 Å². The van der Waals surface area contributed by atoms with Crippen LogP contribution in [0.4, 0.5) is 10.5 Å². The molecule has 4 aliphatic rings. The quantitative estimate of drug-likeness (QED) is 0.692. The summed E-state index contributed by atoms with van der Waals surface area (Å²) in [5, 5.41) is 17.0. The maximum atomic E-state index is 12.7. The Labute approximate surface area is 166 Å². The zero-order chi connectivity index (χ0) is 20.6. The van der Waals surface area contributed by atoms with Crippen LogP contribution in [0, 0.1) is 11.8 Å². The molecule has 154 valence electrons. The maximum absolute atomic E-state index is 12.7. The Morgan fingerprint density at radius 2 is 1.86 bits per heavy atom. The van der Waals surface area contributed by atoms with Crippen LogP contribution in [-0.2, 0) is 14.1 Å². The number of urea groups is 1. The number of hydrogen-bond acceptors (Lipinski definition) is 5. The summed E-state index contributed by atoms with van der Waals surface area (Å²) in [5.41, 5.74) is -1.27. The Morgan fingerprint density at radius 1 is 1.17 bits per heavy atom. The number of amides is 2. The SMILES string of the molecule is Cn1c(=O)c2cc(NC(=O)NC34CC5CC(CC(O)(C5)C3)C4)cnc2n(C)c1=O. The van der Waals surface area contributed by atoms with E-state index in [4.69, 9.17) is 0 Å². The molecule has 6 rings (SSSR count). The summed E-state index contributed by atoms with van der Waals surface area (Å²) in [7, 11) is 2.96. The minimum absolute atomic E-state index is 0.261. The van der Waals surface area contributed by atoms with E-state index in [0.29, 0.717) is 23.9 Å². The summed E-state index contributed by atoms with van der Waals surface area (Å²) >= 11 is 0. The highest BCUT2D eigenvalue weighted by Gasteiger charge is 2.57. The van der Waals surface area contributed by atoms with Crippen molar-refractivity contribution in [1.82, 2.24) is 19.4 Å². The molecule has 2 atom stereocenters. The largest absolute Gasteiger partial charge is 0.390 e. The molecule has 4 saturated carbocycles. The van der Waals surface area contributed by atoms with Crippen molar-refractivity contribution in [2.45, 2.75) is 49.7 Å². The first kappa shape index (κ1) is 18.4. The van der Waals surface area contributed by atoms with E-state index in [0.717, 1.165) is 36.7 Å². The monoisotopic (exact) mass is 399 g/mol. The molecule has 3 N–H and O–H groups in total. The van der Waals surface area contributed by atoms with Crippen molar-refractivity contribution in [3.05, 3.63) is 33.1 Å². The van der Waals surface area contributed by atoms with Gasteiger partial charge in [0.1, 0.15) is 5.65 Å². The molecule has 9 nitrogen and oxygen atoms in total. The van der Waals surface area contributed by atoms with E-state index in [1.165, 1.54) is 23.9 Å². The number of nitrogens with zero attached hydrogens (tertiary/aromatic N) is 3. The number of pyridine rings is 1. The van der Waals surface area contributed by atoms with Crippen LogP contribution in [0.25, 0.3) is 11.0 Å². The predicted octanol–water partition coefficient (Wildman–Crippen LogP) is 0.837. The molecule has 2 heterocycles. The van der Waals surface area contributed by atoms with E-state index >= 15 is 0 Å². The van der Waals surface area contributed by atoms with Gasteiger partial charge < -0.3 is 15.7 Å². The number of aliphatic hydroxyl groups is 1. The summed E-state index contributed by atoms with van der Waals surface area (Å²) in [6.45, 7) is 0. The van der Waals surface area contributed by atoms with Crippen LogP contribution < -0.4 is 21.9 Å². The van der Waals surface area contributed by atoms with Crippen LogP contribution in [0.15, 0.2) is 21.9 Å². The Kier molecular flexibility index (Phi) is 3.74. The van der Waals surface area contributed by atoms with Gasteiger partial charge in [-0.15, -0.1) is 0 Å². The second-order valence-electron chi connectivity index (χ2n) is 9.35. The molecular formula is C20H25N5O4. The van der Waals surface area contributed by atoms with Crippen molar-refractivity contribution in [2.75, 3.05) is 5.32 Å². The summed E-state index contributed by atoms with van der Waals surface area (Å²) in [4.78, 5) is 41.4. The van der Waals surface area contributed by atoms with E-state index in [1.54, 1.807) is 7.05 Å². The molecule has 0 saturated heterocycles. The van der Waals surface area contributed by atoms with Gasteiger partial charge in [0.15, 0.2) is 0 Å². The van der Waals surface area contributed by atoms with Crippen molar-refractivity contribution in [3.63, 3.8) is 0 Å². The third kappa shape index (κ3) is 2.87. The molecule has 4 bridgehead atoms. The first-order chi connectivity index (χ1) is 13.7. The number of anilines is 1. The fraction of sp³-hybridized carbons (Fsp3) is 0.600. The zero-order valence-electron chi connectivity index (χ0n) is 16.6. The lowest BCUT2D eigenvalue weighted by atomic mass is 9.51. The molecule has 4 aliphatic carbocycles. The fourth-order valence-corrected chi connectivity index (χ4v) is 6.30. The van der Waals surface area contributed by atoms with E-state index in [-0.39, 0.29) is 22.6 Å². The van der Waals surface area contributed by atoms with Crippen molar-refractivity contribution in [1.29, 1.82) is 0 Å². The van der Waals surface area contributed by atoms with Crippen LogP contribution in [0.1, 0.15) is 38.5 Å². The van der Waals surface area contributed by atoms with E-state index < -0.39 is 16.9 Å². The minimum Gasteiger partial charge on any atom is -0.390 e. The number of hydrogen-bond donors (Lipinski definition) is 3. The molecular weight excluding hydrogens is 374 g/mol. The van der Waals surface area contributed by atoms with Gasteiger partial charge in [-0.25, -0.2) is 14.6 Å². The zero-order valence-corrected chi connectivity index (χ0v) is 16.6. The van der Waals surface area contributed by atoms with Crippen LogP contribution >= 0.6 is 0 Å². The van der Waals surface area contributed by atoms with Crippen LogP contribution in [0.2, 0.25) is 0 Å². The van der Waals surface area contributed by atoms with Crippen molar-refractivity contribution >= 4 is 22.8 Å². The third-order valence-corrected chi connectivity index (χ3v) is 6.96. The molecule has 0 radical (unpaired) electrons. The molecule has 2 amide bonds. The van der Waals surface area contributed by atoms with Crippen LogP contribution in [0.3, 0.4) is 0 Å². The number of nitrogens with one attached hydrogen (secondary N) is 2. The Hall–Kier alpha value is -2.68. The van der Waals surface area contributed by atoms with Gasteiger partial charge in [0.25, 0.3) is 5.56 Å². The Balaban J connectivity index is 1.40. The van der Waals surface area contributed by atoms with Gasteiger partial charge >= 0.3 is 11.7 Å². The van der Waals surface area contributed by atoms with Crippen LogP contribution in [0.5, 0.6) is 0 Å². The molecule has 9 heteroatoms. The van der Waals surface area contributed by atoms with Gasteiger partial charge in [-0.1, -0.05) is 0 Å². The smallest absolute Gasteiger partial charge is 0.332 e. The normalized spacial score (nSPS) is 32.5. The maximum Gasteiger partial charge on any atom is 0.332 e. The van der Waals surface area contributed by atoms with Crippen LogP contribution in [-0.4, -0.2) is 36.4 Å². The highest BCUT2D eigenvalue weighted by molar-refractivity contribution is 5.91. The van der Waals surface area contributed by atoms with Gasteiger partial charge in [0.2, 0.25) is 0 Å². The molecule has 0 spiro atoms. The van der Waals surface area contributed by atoms with Gasteiger partial charge in [0.05, 0.1) is 22.9 Å². The summed E-state index contributed by atoms with van der Waals surface area (Å²) < 4.78 is 2.32. The first-order valence-electron chi connectivity index (χ1n) is 10.0. The van der Waals surface area contributed by atoms with Crippen molar-refractivity contribution < 1.29 is 9.90 Å². The molecule has 2 aromatic rings. The fourth-order valence-electron chi connectivity index (χ4n) is 6.30. The Morgan fingerprint density at radius 3 is 2.52 bits per heavy atom. The van der Waals surface area contributed by atoms with Crippen molar-refractivity contribution in [3.8, 4) is 0 Å². The van der Waals surface area contributed by atoms with E-state index in [1.807, 2.05) is 0 Å². The highest BCUT2D eigenvalue weighted by atomic mass is 16.3. The molecule has 29 heavy (non-hydrogen) atoms. The van der Waals surface area contributed by atoms with E-state index in [2.05, 4.69) is 15.6 Å². The molecule has 2 aromatic heterocycles. The predicted molar refractivity (Wildman–Crippen MR) is 107 cm³/mol. The molecule has 4 fully saturated rings. The number of aromatic nitrogens is 3. The average molecular weight is 399 g/mol. The van der Waals surface area contributed by atoms with Gasteiger partial charge in [-0.3, -0.25) is 13.9 Å². The van der Waals surface area contributed by atoms with Gasteiger partial charge in [-0.05, 0) is 56.4 Å². The lowest BCUT2D eigenvalue weighted by molar-refractivity contribution is -0.138. The standard InChI is InChI=1S/C20H25N5O4/c1-24-15-14(16(26)25(2)18(24)28)4-13(9-21-15)22-17(27)23-19-5-11-3-12(6-19)8-20(29,7-11)10-19/h4,9,11-12,29H,3,5-8,10H2,1-2H3,(H2,22,23,27). The summed E-state index contributed by atoms with van der Waals surface area (Å²) in [5.74, 6) is 0.932. The van der Waals surface area contributed by atoms with Gasteiger partial charge in [-0.2, -0.15) is 0 Å². The summed E-state index contributed by atoms with van der Waals surface area (Å²) in [6.07, 6.45) is 6.66. The average Bonchev–Trinajstić information content (AvgIpc) is 2.62. The lowest BCUT2D eigenvalue weighted by Crippen LogP contribution is -2.65. The van der Waals surface area contributed by atoms with Crippen molar-refractivity contribution in [2.24, 2.45) is 25.9 Å². The molecule has 2 unspecified atom stereocenters. The topological polar surface area (TPSA) is 118 Å². The third-order valence-electron chi connectivity index (χ3n) is 6.96. The first-order valence-corrected chi connectivity index (χ1v) is 10.0. The summed E-state index contributed by atoms with van der Waals surface area (Å²) in [6, 6.07) is 1.18. The number of rotatable bonds is 2. The number of carbonyl (C=O) groups excluding carboxylic acids is 1. The lowest BCUT2D eigenvalue weighted by Gasteiger charge is -2.60. The molecule has 0 aromatic carbocycles. The minimum atomic E-state index is -0.654. The second-order valence-corrected chi connectivity index (χ2v) is 9.35. The number of carbonyl (C=O) groups is 1. The second kappa shape index (κ2) is 5.91. The van der Waals surface area contributed by atoms with E-state index in [9.17, 15) is 19.5 Å². The molecule has 0 aliphatic heterocycles. The Bertz CT molecular complexity index is 1140. The highest BCUT2D eigenvalue weighted by Crippen LogP contribution is 2.57. The number of aryl methyl sites for hydroxylation is 1.